The van der Waals surface area contributed by atoms with Crippen molar-refractivity contribution in [2.45, 2.75) is 45.3 Å². The third-order valence-corrected chi connectivity index (χ3v) is 5.16. The average Bonchev–Trinajstić information content (AvgIpc) is 2.73. The van der Waals surface area contributed by atoms with Gasteiger partial charge in [-0.15, -0.1) is 0 Å². The number of nitro groups is 1. The van der Waals surface area contributed by atoms with Gasteiger partial charge in [-0.3, -0.25) is 10.1 Å². The van der Waals surface area contributed by atoms with E-state index in [4.69, 9.17) is 15.0 Å². The molecule has 2 aliphatic rings. The molecule has 136 valence electrons. The lowest BCUT2D eigenvalue weighted by Gasteiger charge is -2.32. The number of allylic oxidation sites excluding steroid dienone is 6. The monoisotopic (exact) mass is 354 g/mol. The number of rotatable bonds is 3. The lowest BCUT2D eigenvalue weighted by atomic mass is 9.77. The van der Waals surface area contributed by atoms with Crippen molar-refractivity contribution in [1.29, 1.82) is 0 Å². The summed E-state index contributed by atoms with van der Waals surface area (Å²) in [5, 5.41) is 11.6. The van der Waals surface area contributed by atoms with E-state index in [1.54, 1.807) is 12.1 Å². The molecule has 0 spiro atoms. The number of anilines is 1. The molecule has 0 saturated carbocycles. The van der Waals surface area contributed by atoms with E-state index in [0.717, 1.165) is 12.0 Å². The van der Waals surface area contributed by atoms with Crippen molar-refractivity contribution in [2.24, 2.45) is 0 Å². The molecule has 1 aliphatic carbocycles. The van der Waals surface area contributed by atoms with E-state index in [-0.39, 0.29) is 11.4 Å². The van der Waals surface area contributed by atoms with Crippen LogP contribution in [0.3, 0.4) is 0 Å². The summed E-state index contributed by atoms with van der Waals surface area (Å²) >= 11 is 0. The molecule has 0 amide bonds. The van der Waals surface area contributed by atoms with Crippen LogP contribution in [0.4, 0.5) is 11.4 Å². The molecule has 1 heterocycles. The fraction of sp³-hybridized carbons (Fsp3) is 0.368. The van der Waals surface area contributed by atoms with Gasteiger partial charge in [-0.2, -0.15) is 0 Å². The molecule has 3 rings (SSSR count). The van der Waals surface area contributed by atoms with E-state index in [1.165, 1.54) is 0 Å². The van der Waals surface area contributed by atoms with Crippen molar-refractivity contribution in [1.82, 2.24) is 0 Å². The van der Waals surface area contributed by atoms with Gasteiger partial charge < -0.3 is 15.0 Å². The second-order valence-corrected chi connectivity index (χ2v) is 7.54. The Labute approximate surface area is 153 Å². The fourth-order valence-corrected chi connectivity index (χ4v) is 2.98. The molecule has 1 fully saturated rings. The minimum atomic E-state index is -0.632. The molecule has 7 heteroatoms. The van der Waals surface area contributed by atoms with E-state index >= 15 is 0 Å². The maximum Gasteiger partial charge on any atom is 0.494 e. The summed E-state index contributed by atoms with van der Waals surface area (Å²) in [6.45, 7) is 7.85. The summed E-state index contributed by atoms with van der Waals surface area (Å²) < 4.78 is 12.1. The quantitative estimate of drug-likeness (QED) is 0.389. The molecule has 0 unspecified atom stereocenters. The van der Waals surface area contributed by atoms with Crippen molar-refractivity contribution < 1.29 is 14.2 Å². The van der Waals surface area contributed by atoms with Gasteiger partial charge in [0, 0.05) is 0 Å². The van der Waals surface area contributed by atoms with Gasteiger partial charge in [0.25, 0.3) is 5.69 Å². The molecular weight excluding hydrogens is 331 g/mol. The SMILES string of the molecule is CC1(C)OB(c2cc(N)c([N+](=O)[O-])c(C3=CC=CCC=C3)c2)OC1(C)C. The predicted octanol–water partition coefficient (Wildman–Crippen LogP) is 3.38. The molecule has 0 radical (unpaired) electrons. The largest absolute Gasteiger partial charge is 0.494 e. The zero-order valence-corrected chi connectivity index (χ0v) is 15.5. The Hall–Kier alpha value is -2.38. The van der Waals surface area contributed by atoms with Crippen LogP contribution in [0, 0.1) is 10.1 Å². The molecule has 1 aliphatic heterocycles. The normalized spacial score (nSPS) is 20.8. The Balaban J connectivity index is 2.11. The van der Waals surface area contributed by atoms with Crippen molar-refractivity contribution in [3.8, 4) is 0 Å². The second kappa shape index (κ2) is 6.41. The van der Waals surface area contributed by atoms with Gasteiger partial charge in [-0.1, -0.05) is 30.4 Å². The van der Waals surface area contributed by atoms with Crippen LogP contribution in [0.2, 0.25) is 0 Å². The van der Waals surface area contributed by atoms with E-state index in [9.17, 15) is 10.1 Å². The van der Waals surface area contributed by atoms with Crippen LogP contribution in [-0.2, 0) is 9.31 Å². The average molecular weight is 354 g/mol. The molecule has 0 atom stereocenters. The number of nitrogen functional groups attached to an aromatic ring is 1. The van der Waals surface area contributed by atoms with Gasteiger partial charge in [-0.05, 0) is 57.3 Å². The number of nitro benzene ring substituents is 1. The third-order valence-electron chi connectivity index (χ3n) is 5.16. The highest BCUT2D eigenvalue weighted by Crippen LogP contribution is 2.38. The van der Waals surface area contributed by atoms with Crippen LogP contribution in [0.1, 0.15) is 39.7 Å². The predicted molar refractivity (Wildman–Crippen MR) is 104 cm³/mol. The van der Waals surface area contributed by atoms with Crippen LogP contribution in [0.25, 0.3) is 5.57 Å². The first-order chi connectivity index (χ1) is 12.1. The van der Waals surface area contributed by atoms with Gasteiger partial charge in [0.1, 0.15) is 5.69 Å². The number of benzene rings is 1. The highest BCUT2D eigenvalue weighted by Gasteiger charge is 2.52. The van der Waals surface area contributed by atoms with Crippen LogP contribution >= 0.6 is 0 Å². The van der Waals surface area contributed by atoms with E-state index in [0.29, 0.717) is 11.0 Å². The third kappa shape index (κ3) is 3.20. The molecule has 1 aromatic rings. The molecular formula is C19H23BN2O4. The van der Waals surface area contributed by atoms with Crippen molar-refractivity contribution in [3.63, 3.8) is 0 Å². The van der Waals surface area contributed by atoms with E-state index in [1.807, 2.05) is 58.1 Å². The molecule has 6 nitrogen and oxygen atoms in total. The molecule has 0 bridgehead atoms. The van der Waals surface area contributed by atoms with Crippen LogP contribution in [-0.4, -0.2) is 23.2 Å². The van der Waals surface area contributed by atoms with Crippen molar-refractivity contribution >= 4 is 29.5 Å². The van der Waals surface area contributed by atoms with Crippen LogP contribution in [0.5, 0.6) is 0 Å². The molecule has 0 aromatic heterocycles. The maximum absolute atomic E-state index is 11.6. The number of hydrogen-bond donors (Lipinski definition) is 1. The van der Waals surface area contributed by atoms with Gasteiger partial charge >= 0.3 is 7.12 Å². The van der Waals surface area contributed by atoms with Gasteiger partial charge in [0.2, 0.25) is 0 Å². The number of nitrogens with zero attached hydrogens (tertiary/aromatic N) is 1. The first-order valence-electron chi connectivity index (χ1n) is 8.59. The summed E-state index contributed by atoms with van der Waals surface area (Å²) in [5.74, 6) is 0. The molecule has 2 N–H and O–H groups in total. The lowest BCUT2D eigenvalue weighted by molar-refractivity contribution is -0.384. The minimum absolute atomic E-state index is 0.0970. The summed E-state index contributed by atoms with van der Waals surface area (Å²) in [4.78, 5) is 11.2. The standard InChI is InChI=1S/C19H23BN2O4/c1-18(2)19(3,4)26-20(25-18)14-11-15(13-9-7-5-6-8-10-13)17(22(23)24)16(21)12-14/h5,7-12H,6,21H2,1-4H3. The summed E-state index contributed by atoms with van der Waals surface area (Å²) in [5.41, 5.74) is 6.91. The van der Waals surface area contributed by atoms with Gasteiger partial charge in [0.15, 0.2) is 0 Å². The number of nitrogens with two attached hydrogens (primary N) is 1. The van der Waals surface area contributed by atoms with E-state index < -0.39 is 23.2 Å². The number of hydrogen-bond acceptors (Lipinski definition) is 5. The maximum atomic E-state index is 11.6. The van der Waals surface area contributed by atoms with E-state index in [2.05, 4.69) is 0 Å². The molecule has 1 aromatic carbocycles. The fourth-order valence-electron chi connectivity index (χ4n) is 2.98. The Kier molecular flexibility index (Phi) is 4.54. The first kappa shape index (κ1) is 18.4. The Morgan fingerprint density at radius 1 is 1.15 bits per heavy atom. The van der Waals surface area contributed by atoms with Crippen LogP contribution < -0.4 is 11.2 Å². The van der Waals surface area contributed by atoms with Gasteiger partial charge in [0.05, 0.1) is 21.7 Å². The Bertz CT molecular complexity index is 824. The zero-order valence-electron chi connectivity index (χ0n) is 15.5. The van der Waals surface area contributed by atoms with Gasteiger partial charge in [-0.25, -0.2) is 0 Å². The second-order valence-electron chi connectivity index (χ2n) is 7.54. The smallest absolute Gasteiger partial charge is 0.399 e. The highest BCUT2D eigenvalue weighted by atomic mass is 16.7. The Morgan fingerprint density at radius 3 is 2.42 bits per heavy atom. The summed E-state index contributed by atoms with van der Waals surface area (Å²) in [6.07, 6.45) is 10.3. The summed E-state index contributed by atoms with van der Waals surface area (Å²) in [6, 6.07) is 3.31. The zero-order chi connectivity index (χ0) is 19.1. The van der Waals surface area contributed by atoms with Crippen molar-refractivity contribution in [3.05, 3.63) is 58.2 Å². The highest BCUT2D eigenvalue weighted by molar-refractivity contribution is 6.62. The first-order valence-corrected chi connectivity index (χ1v) is 8.59. The molecule has 1 saturated heterocycles. The molecule has 26 heavy (non-hydrogen) atoms. The lowest BCUT2D eigenvalue weighted by Crippen LogP contribution is -2.41. The van der Waals surface area contributed by atoms with Crippen LogP contribution in [0.15, 0.2) is 42.5 Å². The summed E-state index contributed by atoms with van der Waals surface area (Å²) in [7, 11) is -0.632. The minimum Gasteiger partial charge on any atom is -0.399 e. The topological polar surface area (TPSA) is 87.6 Å². The van der Waals surface area contributed by atoms with Crippen molar-refractivity contribution in [2.75, 3.05) is 5.73 Å². The Morgan fingerprint density at radius 2 is 1.81 bits per heavy atom.